The highest BCUT2D eigenvalue weighted by atomic mass is 31.2. The van der Waals surface area contributed by atoms with Gasteiger partial charge < -0.3 is 35.1 Å². The molecule has 12 nitrogen and oxygen atoms in total. The van der Waals surface area contributed by atoms with Crippen LogP contribution in [-0.4, -0.2) is 78.3 Å². The summed E-state index contributed by atoms with van der Waals surface area (Å²) in [4.78, 5) is 26.6. The Hall–Kier alpha value is 0.0600. The topological polar surface area (TPSA) is 203 Å². The molecular formula is C8H18O12P2. The van der Waals surface area contributed by atoms with Crippen LogP contribution < -0.4 is 0 Å². The summed E-state index contributed by atoms with van der Waals surface area (Å²) in [5, 5.41) is 38.9. The molecule has 22 heavy (non-hydrogen) atoms. The van der Waals surface area contributed by atoms with Gasteiger partial charge in [0.25, 0.3) is 0 Å². The van der Waals surface area contributed by atoms with Crippen molar-refractivity contribution < 1.29 is 57.8 Å². The maximum absolute atomic E-state index is 11.5. The van der Waals surface area contributed by atoms with Gasteiger partial charge in [0, 0.05) is 0 Å². The Morgan fingerprint density at radius 1 is 0.818 bits per heavy atom. The summed E-state index contributed by atoms with van der Waals surface area (Å²) >= 11 is 0. The average Bonchev–Trinajstić information content (AvgIpc) is 2.36. The van der Waals surface area contributed by atoms with Crippen molar-refractivity contribution in [2.45, 2.75) is 43.5 Å². The summed E-state index contributed by atoms with van der Waals surface area (Å²) in [6.45, 7) is 1.13. The van der Waals surface area contributed by atoms with Gasteiger partial charge in [-0.15, -0.1) is 0 Å². The van der Waals surface area contributed by atoms with Gasteiger partial charge in [-0.2, -0.15) is 0 Å². The molecule has 1 aliphatic rings. The zero-order chi connectivity index (χ0) is 17.3. The first-order valence-electron chi connectivity index (χ1n) is 6.01. The van der Waals surface area contributed by atoms with Crippen molar-refractivity contribution >= 4 is 15.6 Å². The Morgan fingerprint density at radius 2 is 1.18 bits per heavy atom. The molecule has 0 aromatic rings. The molecule has 1 rings (SSSR count). The largest absolute Gasteiger partial charge is 0.472 e. The minimum Gasteiger partial charge on any atom is -0.387 e. The highest BCUT2D eigenvalue weighted by molar-refractivity contribution is 7.47. The van der Waals surface area contributed by atoms with E-state index in [0.717, 1.165) is 0 Å². The first kappa shape index (κ1) is 20.1. The number of hydrogen-bond acceptors (Lipinski definition) is 9. The summed E-state index contributed by atoms with van der Waals surface area (Å²) < 4.78 is 35.2. The molecular weight excluding hydrogens is 350 g/mol. The van der Waals surface area contributed by atoms with E-state index in [1.54, 1.807) is 0 Å². The normalized spacial score (nSPS) is 39.5. The fourth-order valence-electron chi connectivity index (χ4n) is 1.94. The van der Waals surface area contributed by atoms with Crippen LogP contribution in [0.4, 0.5) is 0 Å². The molecule has 0 aliphatic heterocycles. The van der Waals surface area contributed by atoms with Crippen LogP contribution in [0.25, 0.3) is 0 Å². The molecule has 0 radical (unpaired) electrons. The van der Waals surface area contributed by atoms with Gasteiger partial charge in [-0.25, -0.2) is 9.13 Å². The average molecular weight is 368 g/mol. The second-order valence-corrected chi connectivity index (χ2v) is 7.08. The number of hydrogen-bond donors (Lipinski definition) is 7. The van der Waals surface area contributed by atoms with Crippen molar-refractivity contribution in [1.29, 1.82) is 0 Å². The third-order valence-electron chi connectivity index (χ3n) is 2.85. The molecule has 0 spiro atoms. The molecule has 0 bridgehead atoms. The van der Waals surface area contributed by atoms with Crippen molar-refractivity contribution in [3.05, 3.63) is 0 Å². The van der Waals surface area contributed by atoms with Crippen molar-refractivity contribution in [2.75, 3.05) is 6.61 Å². The van der Waals surface area contributed by atoms with Gasteiger partial charge in [0.05, 0.1) is 6.61 Å². The van der Waals surface area contributed by atoms with Gasteiger partial charge in [0.1, 0.15) is 36.6 Å². The van der Waals surface area contributed by atoms with Crippen LogP contribution >= 0.6 is 15.6 Å². The molecule has 1 fully saturated rings. The fraction of sp³-hybridized carbons (Fsp3) is 1.00. The summed E-state index contributed by atoms with van der Waals surface area (Å²) in [5.41, 5.74) is 0. The second-order valence-electron chi connectivity index (χ2n) is 4.48. The van der Waals surface area contributed by atoms with Gasteiger partial charge >= 0.3 is 15.6 Å². The van der Waals surface area contributed by atoms with E-state index in [2.05, 4.69) is 13.6 Å². The summed E-state index contributed by atoms with van der Waals surface area (Å²) in [6, 6.07) is 0. The molecule has 0 amide bonds. The van der Waals surface area contributed by atoms with Gasteiger partial charge in [-0.05, 0) is 6.92 Å². The number of phosphoric ester groups is 2. The van der Waals surface area contributed by atoms with Gasteiger partial charge in [-0.3, -0.25) is 13.6 Å². The third kappa shape index (κ3) is 5.03. The van der Waals surface area contributed by atoms with E-state index < -0.39 is 52.3 Å². The molecule has 0 saturated heterocycles. The van der Waals surface area contributed by atoms with Crippen molar-refractivity contribution in [1.82, 2.24) is 0 Å². The lowest BCUT2D eigenvalue weighted by atomic mass is 9.85. The SMILES string of the molecule is CCOP(=O)(O)OC1[C@H](O)[C@H](O)C(OP(=O)(O)O)[C@H](O)[C@H]1O. The predicted molar refractivity (Wildman–Crippen MR) is 67.3 cm³/mol. The second kappa shape index (κ2) is 7.31. The van der Waals surface area contributed by atoms with Crippen LogP contribution in [0.3, 0.4) is 0 Å². The van der Waals surface area contributed by atoms with Crippen LogP contribution in [0.5, 0.6) is 0 Å². The fourth-order valence-corrected chi connectivity index (χ4v) is 3.45. The number of aliphatic hydroxyl groups is 4. The molecule has 0 heterocycles. The lowest BCUT2D eigenvalue weighted by Crippen LogP contribution is -2.64. The van der Waals surface area contributed by atoms with E-state index in [1.807, 2.05) is 0 Å². The van der Waals surface area contributed by atoms with Crippen molar-refractivity contribution in [2.24, 2.45) is 0 Å². The zero-order valence-electron chi connectivity index (χ0n) is 11.2. The Labute approximate surface area is 124 Å². The number of aliphatic hydroxyl groups excluding tert-OH is 4. The van der Waals surface area contributed by atoms with E-state index in [4.69, 9.17) is 9.79 Å². The van der Waals surface area contributed by atoms with E-state index in [1.165, 1.54) is 6.92 Å². The third-order valence-corrected chi connectivity index (χ3v) is 4.46. The van der Waals surface area contributed by atoms with E-state index in [0.29, 0.717) is 0 Å². The monoisotopic (exact) mass is 368 g/mol. The van der Waals surface area contributed by atoms with E-state index in [9.17, 15) is 34.4 Å². The maximum atomic E-state index is 11.5. The Bertz CT molecular complexity index is 448. The molecule has 3 unspecified atom stereocenters. The molecule has 7 N–H and O–H groups in total. The lowest BCUT2D eigenvalue weighted by Gasteiger charge is -2.43. The Balaban J connectivity index is 2.94. The van der Waals surface area contributed by atoms with Crippen LogP contribution in [0.15, 0.2) is 0 Å². The van der Waals surface area contributed by atoms with Crippen molar-refractivity contribution in [3.63, 3.8) is 0 Å². The van der Waals surface area contributed by atoms with Crippen LogP contribution in [0.1, 0.15) is 6.92 Å². The molecule has 14 heteroatoms. The first-order valence-corrected chi connectivity index (χ1v) is 9.04. The minimum atomic E-state index is -5.15. The molecule has 1 aliphatic carbocycles. The quantitative estimate of drug-likeness (QED) is 0.242. The van der Waals surface area contributed by atoms with Gasteiger partial charge in [0.2, 0.25) is 0 Å². The Kier molecular flexibility index (Phi) is 6.68. The molecule has 0 aromatic heterocycles. The minimum absolute atomic E-state index is 0.234. The van der Waals surface area contributed by atoms with Crippen molar-refractivity contribution in [3.8, 4) is 0 Å². The van der Waals surface area contributed by atoms with Gasteiger partial charge in [-0.1, -0.05) is 0 Å². The standard InChI is InChI=1S/C8H18O12P2/c1-2-18-22(16,17)20-8-5(11)3(9)7(4(10)6(8)12)19-21(13,14)15/h3-12H,2H2,1H3,(H,16,17)(H2,13,14,15)/t3-,4+,5-,6-,7?,8?/m1/s1. The summed E-state index contributed by atoms with van der Waals surface area (Å²) in [5.74, 6) is 0. The molecule has 1 saturated carbocycles. The molecule has 132 valence electrons. The van der Waals surface area contributed by atoms with E-state index in [-0.39, 0.29) is 6.61 Å². The molecule has 0 aromatic carbocycles. The smallest absolute Gasteiger partial charge is 0.387 e. The summed E-state index contributed by atoms with van der Waals surface area (Å²) in [6.07, 6.45) is -12.4. The lowest BCUT2D eigenvalue weighted by molar-refractivity contribution is -0.216. The van der Waals surface area contributed by atoms with Crippen LogP contribution in [-0.2, 0) is 22.7 Å². The highest BCUT2D eigenvalue weighted by Crippen LogP contribution is 2.48. The van der Waals surface area contributed by atoms with Crippen LogP contribution in [0.2, 0.25) is 0 Å². The maximum Gasteiger partial charge on any atom is 0.472 e. The number of phosphoric acid groups is 2. The first-order chi connectivity index (χ1) is 9.89. The zero-order valence-corrected chi connectivity index (χ0v) is 13.0. The van der Waals surface area contributed by atoms with Crippen LogP contribution in [0, 0.1) is 0 Å². The van der Waals surface area contributed by atoms with E-state index >= 15 is 0 Å². The van der Waals surface area contributed by atoms with Gasteiger partial charge in [0.15, 0.2) is 0 Å². The number of rotatable bonds is 6. The molecule has 7 atom stereocenters. The highest BCUT2D eigenvalue weighted by Gasteiger charge is 2.53. The summed E-state index contributed by atoms with van der Waals surface area (Å²) in [7, 11) is -9.83. The predicted octanol–water partition coefficient (Wildman–Crippen LogP) is -2.56. The Morgan fingerprint density at radius 3 is 1.50 bits per heavy atom.